The van der Waals surface area contributed by atoms with E-state index in [2.05, 4.69) is 0 Å². The molecule has 2 atom stereocenters. The average molecular weight is 294 g/mol. The lowest BCUT2D eigenvalue weighted by Crippen LogP contribution is -2.30. The zero-order valence-corrected chi connectivity index (χ0v) is 12.0. The molecule has 6 heteroatoms. The van der Waals surface area contributed by atoms with E-state index < -0.39 is 5.82 Å². The van der Waals surface area contributed by atoms with Crippen LogP contribution in [0.4, 0.5) is 4.39 Å². The fourth-order valence-electron chi connectivity index (χ4n) is 2.25. The molecule has 0 saturated carbocycles. The maximum atomic E-state index is 13.5. The summed E-state index contributed by atoms with van der Waals surface area (Å²) in [5, 5.41) is 0. The normalized spacial score (nSPS) is 22.4. The molecule has 4 nitrogen and oxygen atoms in total. The average Bonchev–Trinajstić information content (AvgIpc) is 2.56. The zero-order chi connectivity index (χ0) is 15.0. The Bertz CT molecular complexity index is 583. The Morgan fingerprint density at radius 2 is 1.80 bits per heavy atom. The molecule has 1 aliphatic heterocycles. The second-order valence-electron chi connectivity index (χ2n) is 5.05. The van der Waals surface area contributed by atoms with Crippen LogP contribution in [0, 0.1) is 17.7 Å². The van der Waals surface area contributed by atoms with Crippen LogP contribution in [0.2, 0.25) is 0 Å². The van der Waals surface area contributed by atoms with Gasteiger partial charge in [0.2, 0.25) is 11.8 Å². The molecular weight excluding hydrogens is 279 g/mol. The number of hydrogen-bond donors (Lipinski definition) is 1. The van der Waals surface area contributed by atoms with Crippen molar-refractivity contribution in [3.8, 4) is 0 Å². The van der Waals surface area contributed by atoms with Crippen LogP contribution in [0.25, 0.3) is 0 Å². The Kier molecular flexibility index (Phi) is 3.85. The highest BCUT2D eigenvalue weighted by atomic mass is 32.1. The van der Waals surface area contributed by atoms with Gasteiger partial charge in [0, 0.05) is 17.4 Å². The minimum atomic E-state index is -0.495. The molecule has 1 fully saturated rings. The Morgan fingerprint density at radius 3 is 2.30 bits per heavy atom. The fraction of sp³-hybridized carbons (Fsp3) is 0.357. The fourth-order valence-corrected chi connectivity index (χ4v) is 2.37. The van der Waals surface area contributed by atoms with Crippen LogP contribution in [0.1, 0.15) is 25.0 Å². The van der Waals surface area contributed by atoms with E-state index in [1.807, 2.05) is 0 Å². The second-order valence-corrected chi connectivity index (χ2v) is 5.49. The van der Waals surface area contributed by atoms with E-state index in [4.69, 9.17) is 18.0 Å². The van der Waals surface area contributed by atoms with Gasteiger partial charge in [-0.3, -0.25) is 14.5 Å². The monoisotopic (exact) mass is 294 g/mol. The summed E-state index contributed by atoms with van der Waals surface area (Å²) in [6, 6.07) is 4.10. The Hall–Kier alpha value is -1.82. The maximum Gasteiger partial charge on any atom is 0.233 e. The van der Waals surface area contributed by atoms with E-state index >= 15 is 0 Å². The summed E-state index contributed by atoms with van der Waals surface area (Å²) in [5.41, 5.74) is 6.36. The summed E-state index contributed by atoms with van der Waals surface area (Å²) in [4.78, 5) is 25.2. The van der Waals surface area contributed by atoms with Crippen molar-refractivity contribution < 1.29 is 14.0 Å². The van der Waals surface area contributed by atoms with E-state index in [1.165, 1.54) is 12.1 Å². The smallest absolute Gasteiger partial charge is 0.233 e. The molecule has 0 aliphatic carbocycles. The van der Waals surface area contributed by atoms with E-state index in [-0.39, 0.29) is 35.2 Å². The van der Waals surface area contributed by atoms with Crippen LogP contribution in [-0.4, -0.2) is 21.7 Å². The number of carbonyl (C=O) groups is 2. The largest absolute Gasteiger partial charge is 0.389 e. The van der Waals surface area contributed by atoms with Crippen molar-refractivity contribution in [2.24, 2.45) is 17.6 Å². The van der Waals surface area contributed by atoms with Crippen LogP contribution in [-0.2, 0) is 16.1 Å². The SMILES string of the molecule is CC1C(=O)N(Cc2cc(F)cc(C(N)=S)c2)C(=O)C1C. The lowest BCUT2D eigenvalue weighted by molar-refractivity contribution is -0.140. The molecule has 1 heterocycles. The van der Waals surface area contributed by atoms with E-state index in [0.29, 0.717) is 11.1 Å². The number of benzene rings is 1. The van der Waals surface area contributed by atoms with Gasteiger partial charge in [-0.2, -0.15) is 0 Å². The van der Waals surface area contributed by atoms with Crippen LogP contribution >= 0.6 is 12.2 Å². The molecule has 1 aromatic rings. The molecule has 1 aliphatic rings. The molecule has 2 rings (SSSR count). The standard InChI is InChI=1S/C14H15FN2O2S/c1-7-8(2)14(19)17(13(7)18)6-9-3-10(12(16)20)5-11(15)4-9/h3-5,7-8H,6H2,1-2H3,(H2,16,20). The van der Waals surface area contributed by atoms with Crippen LogP contribution in [0.3, 0.4) is 0 Å². The zero-order valence-electron chi connectivity index (χ0n) is 11.2. The van der Waals surface area contributed by atoms with Crippen molar-refractivity contribution in [2.75, 3.05) is 0 Å². The van der Waals surface area contributed by atoms with Gasteiger partial charge in [0.15, 0.2) is 0 Å². The summed E-state index contributed by atoms with van der Waals surface area (Å²) in [5.74, 6) is -1.64. The number of likely N-dealkylation sites (tertiary alicyclic amines) is 1. The van der Waals surface area contributed by atoms with Gasteiger partial charge in [-0.25, -0.2) is 4.39 Å². The number of rotatable bonds is 3. The summed E-state index contributed by atoms with van der Waals surface area (Å²) < 4.78 is 13.5. The van der Waals surface area contributed by atoms with Crippen LogP contribution in [0.5, 0.6) is 0 Å². The number of halogens is 1. The predicted molar refractivity (Wildman–Crippen MR) is 76.2 cm³/mol. The van der Waals surface area contributed by atoms with Crippen LogP contribution < -0.4 is 5.73 Å². The number of thiocarbonyl (C=S) groups is 1. The number of nitrogens with zero attached hydrogens (tertiary/aromatic N) is 1. The van der Waals surface area contributed by atoms with E-state index in [9.17, 15) is 14.0 Å². The van der Waals surface area contributed by atoms with Gasteiger partial charge < -0.3 is 5.73 Å². The highest BCUT2D eigenvalue weighted by Crippen LogP contribution is 2.27. The molecule has 20 heavy (non-hydrogen) atoms. The summed E-state index contributed by atoms with van der Waals surface area (Å²) in [6.45, 7) is 3.48. The third-order valence-electron chi connectivity index (χ3n) is 3.64. The molecule has 1 aromatic carbocycles. The first-order valence-corrected chi connectivity index (χ1v) is 6.66. The molecule has 2 unspecified atom stereocenters. The molecule has 0 spiro atoms. The van der Waals surface area contributed by atoms with Crippen molar-refractivity contribution in [3.05, 3.63) is 35.1 Å². The quantitative estimate of drug-likeness (QED) is 0.679. The maximum absolute atomic E-state index is 13.5. The number of amides is 2. The lowest BCUT2D eigenvalue weighted by Gasteiger charge is -2.15. The topological polar surface area (TPSA) is 63.4 Å². The second kappa shape index (κ2) is 5.28. The molecule has 2 amide bonds. The lowest BCUT2D eigenvalue weighted by atomic mass is 10.00. The first kappa shape index (κ1) is 14.6. The van der Waals surface area contributed by atoms with Gasteiger partial charge in [0.1, 0.15) is 10.8 Å². The third kappa shape index (κ3) is 2.56. The molecule has 0 bridgehead atoms. The number of carbonyl (C=O) groups excluding carboxylic acids is 2. The minimum Gasteiger partial charge on any atom is -0.389 e. The van der Waals surface area contributed by atoms with E-state index in [1.54, 1.807) is 19.9 Å². The van der Waals surface area contributed by atoms with Crippen molar-refractivity contribution in [3.63, 3.8) is 0 Å². The first-order valence-electron chi connectivity index (χ1n) is 6.25. The van der Waals surface area contributed by atoms with Crippen molar-refractivity contribution in [2.45, 2.75) is 20.4 Å². The van der Waals surface area contributed by atoms with Gasteiger partial charge in [-0.15, -0.1) is 0 Å². The summed E-state index contributed by atoms with van der Waals surface area (Å²) >= 11 is 4.81. The molecule has 0 aromatic heterocycles. The van der Waals surface area contributed by atoms with Crippen LogP contribution in [0.15, 0.2) is 18.2 Å². The molecule has 1 saturated heterocycles. The number of nitrogens with two attached hydrogens (primary N) is 1. The van der Waals surface area contributed by atoms with Gasteiger partial charge >= 0.3 is 0 Å². The predicted octanol–water partition coefficient (Wildman–Crippen LogP) is 1.60. The van der Waals surface area contributed by atoms with Crippen molar-refractivity contribution in [1.82, 2.24) is 4.90 Å². The Balaban J connectivity index is 2.29. The van der Waals surface area contributed by atoms with Gasteiger partial charge in [-0.1, -0.05) is 26.1 Å². The Labute approximate surface area is 121 Å². The summed E-state index contributed by atoms with van der Waals surface area (Å²) in [7, 11) is 0. The van der Waals surface area contributed by atoms with Gasteiger partial charge in [-0.05, 0) is 23.8 Å². The Morgan fingerprint density at radius 1 is 1.25 bits per heavy atom. The van der Waals surface area contributed by atoms with Crippen molar-refractivity contribution >= 4 is 29.0 Å². The molecule has 2 N–H and O–H groups in total. The number of hydrogen-bond acceptors (Lipinski definition) is 3. The molecule has 0 radical (unpaired) electrons. The van der Waals surface area contributed by atoms with Crippen molar-refractivity contribution in [1.29, 1.82) is 0 Å². The third-order valence-corrected chi connectivity index (χ3v) is 3.88. The van der Waals surface area contributed by atoms with Gasteiger partial charge in [0.25, 0.3) is 0 Å². The highest BCUT2D eigenvalue weighted by molar-refractivity contribution is 7.80. The summed E-state index contributed by atoms with van der Waals surface area (Å²) in [6.07, 6.45) is 0. The highest BCUT2D eigenvalue weighted by Gasteiger charge is 2.42. The van der Waals surface area contributed by atoms with Gasteiger partial charge in [0.05, 0.1) is 6.54 Å². The van der Waals surface area contributed by atoms with E-state index in [0.717, 1.165) is 4.90 Å². The first-order chi connectivity index (χ1) is 9.31. The number of imide groups is 1. The minimum absolute atomic E-state index is 0.0414. The molecular formula is C14H15FN2O2S. The molecule has 106 valence electrons.